The second-order valence-electron chi connectivity index (χ2n) is 9.37. The van der Waals surface area contributed by atoms with Gasteiger partial charge < -0.3 is 15.5 Å². The fraction of sp³-hybridized carbons (Fsp3) is 0.750. The quantitative estimate of drug-likeness (QED) is 0.114. The molecule has 5 heteroatoms. The van der Waals surface area contributed by atoms with Crippen LogP contribution in [0.2, 0.25) is 0 Å². The number of unbranched alkanes of at least 4 members (excludes halogenated alkanes) is 14. The zero-order valence-electron chi connectivity index (χ0n) is 21.0. The fourth-order valence-electron chi connectivity index (χ4n) is 4.27. The van der Waals surface area contributed by atoms with E-state index in [0.29, 0.717) is 5.75 Å². The van der Waals surface area contributed by atoms with E-state index in [0.717, 1.165) is 31.4 Å². The maximum atomic E-state index is 11.1. The highest BCUT2D eigenvalue weighted by Crippen LogP contribution is 2.22. The molecule has 1 aromatic carbocycles. The summed E-state index contributed by atoms with van der Waals surface area (Å²) in [6.07, 6.45) is 21.5. The van der Waals surface area contributed by atoms with Gasteiger partial charge >= 0.3 is 6.09 Å². The Balaban J connectivity index is 1.92. The molecule has 3 N–H and O–H groups in total. The Kier molecular flexibility index (Phi) is 19.1. The summed E-state index contributed by atoms with van der Waals surface area (Å²) in [6.45, 7) is 2.24. The highest BCUT2D eigenvalue weighted by molar-refractivity contribution is 7.99. The Morgan fingerprint density at radius 2 is 1.21 bits per heavy atom. The molecule has 33 heavy (non-hydrogen) atoms. The van der Waals surface area contributed by atoms with Gasteiger partial charge in [0.2, 0.25) is 0 Å². The molecule has 1 aromatic rings. The summed E-state index contributed by atoms with van der Waals surface area (Å²) >= 11 is 1.87. The SMILES string of the molecule is CCCCCCCCCC(CCCCCCCCCCCSc1ccc(O)cc1)NC(=O)O. The summed E-state index contributed by atoms with van der Waals surface area (Å²) in [7, 11) is 0. The normalized spacial score (nSPS) is 12.0. The third-order valence-electron chi connectivity index (χ3n) is 6.29. The van der Waals surface area contributed by atoms with Gasteiger partial charge in [0.15, 0.2) is 0 Å². The van der Waals surface area contributed by atoms with Crippen LogP contribution in [-0.2, 0) is 0 Å². The van der Waals surface area contributed by atoms with Crippen LogP contribution >= 0.6 is 11.8 Å². The predicted molar refractivity (Wildman–Crippen MR) is 143 cm³/mol. The zero-order valence-corrected chi connectivity index (χ0v) is 21.8. The number of hydrogen-bond acceptors (Lipinski definition) is 3. The van der Waals surface area contributed by atoms with Crippen molar-refractivity contribution in [3.63, 3.8) is 0 Å². The molecule has 0 saturated carbocycles. The molecule has 0 aliphatic rings. The minimum Gasteiger partial charge on any atom is -0.508 e. The highest BCUT2D eigenvalue weighted by Gasteiger charge is 2.10. The topological polar surface area (TPSA) is 69.6 Å². The van der Waals surface area contributed by atoms with Gasteiger partial charge in [-0.1, -0.05) is 103 Å². The van der Waals surface area contributed by atoms with Crippen LogP contribution in [0.3, 0.4) is 0 Å². The van der Waals surface area contributed by atoms with E-state index in [4.69, 9.17) is 5.11 Å². The first kappa shape index (κ1) is 29.7. The molecule has 0 heterocycles. The molecular formula is C28H49NO3S. The molecule has 1 unspecified atom stereocenters. The highest BCUT2D eigenvalue weighted by atomic mass is 32.2. The molecule has 1 rings (SSSR count). The van der Waals surface area contributed by atoms with Crippen LogP contribution in [0.5, 0.6) is 5.75 Å². The van der Waals surface area contributed by atoms with Crippen molar-refractivity contribution < 1.29 is 15.0 Å². The standard InChI is InChI=1S/C28H49NO3S/c1-2-3-4-5-9-12-15-18-25(29-28(31)32)19-16-13-10-7-6-8-11-14-17-24-33-27-22-20-26(30)21-23-27/h20-23,25,29-30H,2-19,24H2,1H3,(H,31,32). The molecule has 0 aliphatic heterocycles. The van der Waals surface area contributed by atoms with E-state index in [1.165, 1.54) is 94.8 Å². The van der Waals surface area contributed by atoms with Crippen LogP contribution in [0.15, 0.2) is 29.2 Å². The van der Waals surface area contributed by atoms with Crippen LogP contribution in [0.25, 0.3) is 0 Å². The number of benzene rings is 1. The maximum absolute atomic E-state index is 11.1. The predicted octanol–water partition coefficient (Wildman–Crippen LogP) is 9.16. The van der Waals surface area contributed by atoms with E-state index in [2.05, 4.69) is 12.2 Å². The summed E-state index contributed by atoms with van der Waals surface area (Å²) in [5.74, 6) is 1.48. The van der Waals surface area contributed by atoms with Gasteiger partial charge in [0.25, 0.3) is 0 Å². The van der Waals surface area contributed by atoms with Gasteiger partial charge in [0.1, 0.15) is 5.75 Å². The van der Waals surface area contributed by atoms with Gasteiger partial charge in [-0.3, -0.25) is 0 Å². The molecule has 0 spiro atoms. The second kappa shape index (κ2) is 21.2. The van der Waals surface area contributed by atoms with Gasteiger partial charge in [0, 0.05) is 10.9 Å². The number of thioether (sulfide) groups is 1. The summed E-state index contributed by atoms with van der Waals surface area (Å²) < 4.78 is 0. The lowest BCUT2D eigenvalue weighted by atomic mass is 10.00. The number of nitrogens with one attached hydrogen (secondary N) is 1. The Morgan fingerprint density at radius 1 is 0.758 bits per heavy atom. The van der Waals surface area contributed by atoms with Gasteiger partial charge in [-0.05, 0) is 49.3 Å². The lowest BCUT2D eigenvalue weighted by Gasteiger charge is -2.16. The monoisotopic (exact) mass is 479 g/mol. The van der Waals surface area contributed by atoms with Crippen LogP contribution in [0, 0.1) is 0 Å². The largest absolute Gasteiger partial charge is 0.508 e. The Morgan fingerprint density at radius 3 is 1.70 bits per heavy atom. The van der Waals surface area contributed by atoms with Crippen LogP contribution in [-0.4, -0.2) is 28.1 Å². The van der Waals surface area contributed by atoms with E-state index in [1.807, 2.05) is 23.9 Å². The molecule has 0 aromatic heterocycles. The third kappa shape index (κ3) is 18.7. The van der Waals surface area contributed by atoms with Crippen molar-refractivity contribution in [1.82, 2.24) is 5.32 Å². The van der Waals surface area contributed by atoms with E-state index in [1.54, 1.807) is 12.1 Å². The lowest BCUT2D eigenvalue weighted by Crippen LogP contribution is -2.33. The first-order valence-corrected chi connectivity index (χ1v) is 14.5. The van der Waals surface area contributed by atoms with Gasteiger partial charge in [-0.2, -0.15) is 0 Å². The first-order chi connectivity index (χ1) is 16.1. The summed E-state index contributed by atoms with van der Waals surface area (Å²) in [5, 5.41) is 21.2. The lowest BCUT2D eigenvalue weighted by molar-refractivity contribution is 0.187. The van der Waals surface area contributed by atoms with Crippen LogP contribution in [0.4, 0.5) is 4.79 Å². The molecule has 0 bridgehead atoms. The average Bonchev–Trinajstić information content (AvgIpc) is 2.79. The summed E-state index contributed by atoms with van der Waals surface area (Å²) in [4.78, 5) is 12.3. The van der Waals surface area contributed by atoms with Crippen molar-refractivity contribution >= 4 is 17.9 Å². The molecule has 1 atom stereocenters. The van der Waals surface area contributed by atoms with Crippen LogP contribution < -0.4 is 5.32 Å². The molecule has 0 radical (unpaired) electrons. The van der Waals surface area contributed by atoms with E-state index in [9.17, 15) is 9.90 Å². The van der Waals surface area contributed by atoms with Gasteiger partial charge in [-0.25, -0.2) is 4.79 Å². The number of hydrogen-bond donors (Lipinski definition) is 3. The van der Waals surface area contributed by atoms with Crippen molar-refractivity contribution in [2.75, 3.05) is 5.75 Å². The van der Waals surface area contributed by atoms with Crippen molar-refractivity contribution in [2.24, 2.45) is 0 Å². The summed E-state index contributed by atoms with van der Waals surface area (Å²) in [6, 6.07) is 7.60. The number of phenolic OH excluding ortho intramolecular Hbond substituents is 1. The van der Waals surface area contributed by atoms with E-state index in [-0.39, 0.29) is 6.04 Å². The third-order valence-corrected chi connectivity index (χ3v) is 7.38. The van der Waals surface area contributed by atoms with Gasteiger partial charge in [-0.15, -0.1) is 11.8 Å². The van der Waals surface area contributed by atoms with Crippen molar-refractivity contribution in [3.8, 4) is 5.75 Å². The molecule has 190 valence electrons. The van der Waals surface area contributed by atoms with Crippen LogP contribution in [0.1, 0.15) is 122 Å². The zero-order chi connectivity index (χ0) is 24.0. The second-order valence-corrected chi connectivity index (χ2v) is 10.5. The number of amides is 1. The molecular weight excluding hydrogens is 430 g/mol. The fourth-order valence-corrected chi connectivity index (χ4v) is 5.19. The van der Waals surface area contributed by atoms with Crippen molar-refractivity contribution in [2.45, 2.75) is 133 Å². The summed E-state index contributed by atoms with van der Waals surface area (Å²) in [5.41, 5.74) is 0. The number of carbonyl (C=O) groups is 1. The number of aromatic hydroxyl groups is 1. The number of rotatable bonds is 22. The minimum absolute atomic E-state index is 0.137. The van der Waals surface area contributed by atoms with E-state index < -0.39 is 6.09 Å². The average molecular weight is 480 g/mol. The Labute approximate surface area is 207 Å². The maximum Gasteiger partial charge on any atom is 0.404 e. The Hall–Kier alpha value is -1.36. The van der Waals surface area contributed by atoms with E-state index >= 15 is 0 Å². The molecule has 0 aliphatic carbocycles. The smallest absolute Gasteiger partial charge is 0.404 e. The molecule has 4 nitrogen and oxygen atoms in total. The minimum atomic E-state index is -0.871. The number of carboxylic acid groups (broad SMARTS) is 1. The van der Waals surface area contributed by atoms with Crippen molar-refractivity contribution in [3.05, 3.63) is 24.3 Å². The van der Waals surface area contributed by atoms with Gasteiger partial charge in [0.05, 0.1) is 0 Å². The molecule has 0 saturated heterocycles. The molecule has 0 fully saturated rings. The van der Waals surface area contributed by atoms with Crippen molar-refractivity contribution in [1.29, 1.82) is 0 Å². The molecule has 1 amide bonds. The number of phenols is 1. The Bertz CT molecular complexity index is 579. The first-order valence-electron chi connectivity index (χ1n) is 13.5.